The average Bonchev–Trinajstić information content (AvgIpc) is 0.996. The van der Waals surface area contributed by atoms with E-state index in [9.17, 15) is 46.6 Å². The summed E-state index contributed by atoms with van der Waals surface area (Å²) in [6.45, 7) is 17.0. The van der Waals surface area contributed by atoms with Gasteiger partial charge >= 0.3 is 6.18 Å². The van der Waals surface area contributed by atoms with Gasteiger partial charge in [0.1, 0.15) is 23.7 Å². The first-order valence-electron chi connectivity index (χ1n) is 30.5. The van der Waals surface area contributed by atoms with Crippen LogP contribution in [-0.4, -0.2) is 161 Å². The van der Waals surface area contributed by atoms with Crippen molar-refractivity contribution in [3.05, 3.63) is 136 Å². The fourth-order valence-corrected chi connectivity index (χ4v) is 13.3. The fourth-order valence-electron chi connectivity index (χ4n) is 12.5. The number of amides is 5. The number of rotatable bonds is 15. The number of aromatic nitrogens is 3. The first-order valence-corrected chi connectivity index (χ1v) is 31.4. The molecular weight excluding hydrogens is 1180 g/mol. The molecule has 0 bridgehead atoms. The number of hydrogen-bond acceptors (Lipinski definition) is 14. The number of aryl methyl sites for hydroxylation is 1. The van der Waals surface area contributed by atoms with Crippen molar-refractivity contribution in [2.75, 3.05) is 86.0 Å². The first-order chi connectivity index (χ1) is 42.7. The van der Waals surface area contributed by atoms with E-state index in [0.717, 1.165) is 45.1 Å². The van der Waals surface area contributed by atoms with Crippen molar-refractivity contribution in [1.29, 1.82) is 0 Å². The van der Waals surface area contributed by atoms with Crippen LogP contribution in [0.3, 0.4) is 0 Å². The van der Waals surface area contributed by atoms with Crippen LogP contribution in [0.1, 0.15) is 99.6 Å². The van der Waals surface area contributed by atoms with Crippen LogP contribution in [0.2, 0.25) is 0 Å². The Hall–Kier alpha value is -8.09. The second kappa shape index (κ2) is 26.8. The predicted molar refractivity (Wildman–Crippen MR) is 336 cm³/mol. The Kier molecular flexibility index (Phi) is 19.3. The molecule has 478 valence electrons. The Morgan fingerprint density at radius 1 is 0.767 bits per heavy atom. The number of likely N-dealkylation sites (tertiary alicyclic amines) is 1. The van der Waals surface area contributed by atoms with Gasteiger partial charge in [0.05, 0.1) is 57.1 Å². The number of piperidine rings is 1. The number of thiazole rings is 1. The minimum atomic E-state index is -5.03. The largest absolute Gasteiger partial charge is 0.417 e. The summed E-state index contributed by atoms with van der Waals surface area (Å²) in [5.41, 5.74) is 3.99. The molecule has 6 atom stereocenters. The van der Waals surface area contributed by atoms with Gasteiger partial charge in [-0.05, 0) is 112 Å². The normalized spacial score (nSPS) is 20.2. The van der Waals surface area contributed by atoms with Crippen molar-refractivity contribution in [3.63, 3.8) is 0 Å². The van der Waals surface area contributed by atoms with Gasteiger partial charge in [-0.15, -0.1) is 11.3 Å². The summed E-state index contributed by atoms with van der Waals surface area (Å²) in [7, 11) is 1.96. The zero-order valence-corrected chi connectivity index (χ0v) is 52.6. The van der Waals surface area contributed by atoms with Gasteiger partial charge in [-0.3, -0.25) is 28.9 Å². The van der Waals surface area contributed by atoms with Crippen molar-refractivity contribution < 1.29 is 51.0 Å². The highest BCUT2D eigenvalue weighted by Crippen LogP contribution is 2.39. The number of piperazine rings is 2. The molecule has 24 heteroatoms. The molecule has 6 aromatic rings. The molecule has 4 N–H and O–H groups in total. The van der Waals surface area contributed by atoms with Gasteiger partial charge in [-0.25, -0.2) is 23.7 Å². The summed E-state index contributed by atoms with van der Waals surface area (Å²) in [4.78, 5) is 95.6. The van der Waals surface area contributed by atoms with Gasteiger partial charge in [-0.2, -0.15) is 13.2 Å². The number of β-amino-alcohol motifs (C(OH)–C–C–N with tert-alkyl or cyclic N) is 1. The zero-order chi connectivity index (χ0) is 64.5. The van der Waals surface area contributed by atoms with Gasteiger partial charge in [0, 0.05) is 113 Å². The van der Waals surface area contributed by atoms with E-state index in [-0.39, 0.29) is 89.7 Å². The summed E-state index contributed by atoms with van der Waals surface area (Å²) in [6.07, 6.45) is -1.81. The number of aliphatic hydroxyl groups excluding tert-OH is 1. The Morgan fingerprint density at radius 3 is 2.08 bits per heavy atom. The molecule has 5 amide bonds. The number of carbonyl (C=O) groups is 5. The van der Waals surface area contributed by atoms with Gasteiger partial charge in [-0.1, -0.05) is 57.2 Å². The molecule has 6 heterocycles. The molecule has 0 unspecified atom stereocenters. The van der Waals surface area contributed by atoms with Gasteiger partial charge in [0.25, 0.3) is 5.91 Å². The highest BCUT2D eigenvalue weighted by molar-refractivity contribution is 7.13. The van der Waals surface area contributed by atoms with E-state index in [2.05, 4.69) is 40.7 Å². The molecule has 4 saturated heterocycles. The van der Waals surface area contributed by atoms with Crippen LogP contribution < -0.4 is 30.7 Å². The van der Waals surface area contributed by atoms with E-state index in [1.54, 1.807) is 21.7 Å². The average molecular weight is 1260 g/mol. The molecular formula is C66H77F5N12O6S. The Labute approximate surface area is 524 Å². The summed E-state index contributed by atoms with van der Waals surface area (Å²) in [6, 6.07) is 17.9. The fraction of sp³-hybridized carbons (Fsp3) is 0.455. The minimum Gasteiger partial charge on any atom is -0.391 e. The second-order valence-corrected chi connectivity index (χ2v) is 26.2. The van der Waals surface area contributed by atoms with Crippen LogP contribution in [0.4, 0.5) is 45.0 Å². The highest BCUT2D eigenvalue weighted by atomic mass is 32.1. The smallest absolute Gasteiger partial charge is 0.391 e. The SMILES string of the molecule is Cc1ncsc1-c1ccc([C@H](C)NC(=O)[C@@H]2C[C@@H](O)CN2C(=O)[C@@H](NC(=O)C2CCN(c3cccc(CC(=O)N4CCN(c5ncc(-c6cc(NC(=O)c7ccc(F)cc7C(F)(F)F)c(N7C[C@@H](C)N(C)[C@@H](C)C7)cc6F)cn5)CC4)c3)CC2)C(C)(C)C)cc1. The van der Waals surface area contributed by atoms with Crippen molar-refractivity contribution in [3.8, 4) is 21.6 Å². The lowest BCUT2D eigenvalue weighted by molar-refractivity contribution is -0.144. The Balaban J connectivity index is 0.719. The number of likely N-dealkylation sites (N-methyl/N-ethyl adjacent to an activating group) is 1. The first kappa shape index (κ1) is 64.9. The lowest BCUT2D eigenvalue weighted by atomic mass is 9.84. The van der Waals surface area contributed by atoms with Gasteiger partial charge in [0.15, 0.2) is 0 Å². The number of nitrogens with one attached hydrogen (secondary N) is 3. The number of alkyl halides is 3. The lowest BCUT2D eigenvalue weighted by Crippen LogP contribution is -2.59. The van der Waals surface area contributed by atoms with Crippen molar-refractivity contribution >= 4 is 63.9 Å². The molecule has 4 fully saturated rings. The molecule has 4 aliphatic heterocycles. The number of nitrogens with zero attached hydrogens (tertiary/aromatic N) is 9. The third kappa shape index (κ3) is 14.6. The maximum Gasteiger partial charge on any atom is 0.417 e. The van der Waals surface area contributed by atoms with Gasteiger partial charge in [0.2, 0.25) is 29.6 Å². The molecule has 0 radical (unpaired) electrons. The van der Waals surface area contributed by atoms with Crippen LogP contribution in [-0.2, 0) is 31.8 Å². The standard InChI is InChI=1S/C66H77F5N12O6S/c1-38-34-82(35-39(2)78(38)8)55-31-53(68)51(30-54(55)76-61(87)50-17-16-47(67)28-52(50)66(69,70)71)46-32-72-64(73-33-46)81-24-22-80(23-25-81)57(85)27-42-10-9-11-48(26-42)79-20-18-45(19-21-79)60(86)77-59(65(5,6)7)63(89)83-36-49(84)29-56(83)62(88)75-40(3)43-12-14-44(15-13-43)58-41(4)74-37-90-58/h9-17,26,28,30-33,37-40,45,49,56,59,84H,18-25,27,29,34-36H2,1-8H3,(H,75,88)(H,76,87)(H,77,86)/t38-,39+,40-,49+,56-,59+/m0/s1. The molecule has 0 saturated carbocycles. The minimum absolute atomic E-state index is 0.0100. The Bertz CT molecular complexity index is 3590. The van der Waals surface area contributed by atoms with Crippen LogP contribution in [0.5, 0.6) is 0 Å². The molecule has 0 spiro atoms. The van der Waals surface area contributed by atoms with E-state index >= 15 is 4.39 Å². The summed E-state index contributed by atoms with van der Waals surface area (Å²) in [5.74, 6) is -4.14. The number of halogens is 5. The Morgan fingerprint density at radius 2 is 1.44 bits per heavy atom. The number of anilines is 4. The number of aliphatic hydroxyl groups is 1. The molecule has 4 aromatic carbocycles. The van der Waals surface area contributed by atoms with Gasteiger partial charge < -0.3 is 45.6 Å². The number of hydrogen-bond donors (Lipinski definition) is 4. The monoisotopic (exact) mass is 1260 g/mol. The van der Waals surface area contributed by atoms with Crippen LogP contribution in [0.15, 0.2) is 96.8 Å². The third-order valence-corrected chi connectivity index (χ3v) is 18.9. The molecule has 4 aliphatic rings. The summed E-state index contributed by atoms with van der Waals surface area (Å²) < 4.78 is 72.5. The van der Waals surface area contributed by atoms with Crippen LogP contribution in [0, 0.1) is 29.9 Å². The van der Waals surface area contributed by atoms with E-state index in [1.807, 2.05) is 114 Å². The van der Waals surface area contributed by atoms with E-state index in [0.29, 0.717) is 71.1 Å². The topological polar surface area (TPSA) is 200 Å². The summed E-state index contributed by atoms with van der Waals surface area (Å²) in [5, 5.41) is 19.5. The van der Waals surface area contributed by atoms with E-state index in [4.69, 9.17) is 0 Å². The van der Waals surface area contributed by atoms with E-state index in [1.165, 1.54) is 29.4 Å². The maximum atomic E-state index is 16.3. The second-order valence-electron chi connectivity index (χ2n) is 25.3. The zero-order valence-electron chi connectivity index (χ0n) is 51.8. The van der Waals surface area contributed by atoms with Crippen molar-refractivity contribution in [1.82, 2.24) is 40.3 Å². The third-order valence-electron chi connectivity index (χ3n) is 18.0. The quantitative estimate of drug-likeness (QED) is 0.0711. The molecule has 2 aromatic heterocycles. The van der Waals surface area contributed by atoms with Crippen LogP contribution >= 0.6 is 11.3 Å². The lowest BCUT2D eigenvalue weighted by Gasteiger charge is -2.44. The van der Waals surface area contributed by atoms with Crippen molar-refractivity contribution in [2.24, 2.45) is 11.3 Å². The number of benzene rings is 4. The molecule has 10 rings (SSSR count). The predicted octanol–water partition coefficient (Wildman–Crippen LogP) is 9.13. The molecule has 90 heavy (non-hydrogen) atoms. The highest BCUT2D eigenvalue weighted by Gasteiger charge is 2.46. The maximum absolute atomic E-state index is 16.3. The molecule has 0 aliphatic carbocycles. The number of carbonyl (C=O) groups excluding carboxylic acids is 5. The molecule has 18 nitrogen and oxygen atoms in total. The van der Waals surface area contributed by atoms with Crippen LogP contribution in [0.25, 0.3) is 21.6 Å². The van der Waals surface area contributed by atoms with E-state index < -0.39 is 64.4 Å². The van der Waals surface area contributed by atoms with Crippen molar-refractivity contribution in [2.45, 2.75) is 117 Å². The summed E-state index contributed by atoms with van der Waals surface area (Å²) >= 11 is 1.56.